The van der Waals surface area contributed by atoms with Crippen molar-refractivity contribution < 1.29 is 19.0 Å². The Labute approximate surface area is 136 Å². The van der Waals surface area contributed by atoms with E-state index < -0.39 is 6.10 Å². The quantitative estimate of drug-likeness (QED) is 0.849. The van der Waals surface area contributed by atoms with E-state index in [9.17, 15) is 4.79 Å². The SMILES string of the molecule is CC[C@@H](Oc1ccc(OC)cc1)C(=O)Nc1cccc(OC)c1. The lowest BCUT2D eigenvalue weighted by Gasteiger charge is -2.17. The number of rotatable bonds is 7. The standard InChI is InChI=1S/C18H21NO4/c1-4-17(23-15-10-8-14(21-2)9-11-15)18(20)19-13-6-5-7-16(12-13)22-3/h5-12,17H,4H2,1-3H3,(H,19,20)/t17-/m1/s1. The van der Waals surface area contributed by atoms with Crippen LogP contribution < -0.4 is 19.5 Å². The molecule has 0 saturated heterocycles. The number of benzene rings is 2. The summed E-state index contributed by atoms with van der Waals surface area (Å²) in [5.41, 5.74) is 0.672. The van der Waals surface area contributed by atoms with E-state index in [-0.39, 0.29) is 5.91 Å². The molecule has 0 aliphatic heterocycles. The lowest BCUT2D eigenvalue weighted by atomic mass is 10.2. The van der Waals surface area contributed by atoms with Crippen LogP contribution >= 0.6 is 0 Å². The van der Waals surface area contributed by atoms with E-state index in [1.165, 1.54) is 0 Å². The van der Waals surface area contributed by atoms with E-state index in [2.05, 4.69) is 5.32 Å². The summed E-state index contributed by atoms with van der Waals surface area (Å²) < 4.78 is 16.0. The van der Waals surface area contributed by atoms with Gasteiger partial charge in [-0.25, -0.2) is 0 Å². The Balaban J connectivity index is 2.02. The van der Waals surface area contributed by atoms with E-state index in [1.807, 2.05) is 19.1 Å². The fraction of sp³-hybridized carbons (Fsp3) is 0.278. The van der Waals surface area contributed by atoms with Crippen molar-refractivity contribution >= 4 is 11.6 Å². The minimum Gasteiger partial charge on any atom is -0.497 e. The molecule has 1 atom stereocenters. The number of methoxy groups -OCH3 is 2. The molecule has 2 rings (SSSR count). The molecule has 0 bridgehead atoms. The maximum Gasteiger partial charge on any atom is 0.265 e. The van der Waals surface area contributed by atoms with E-state index in [4.69, 9.17) is 14.2 Å². The number of carbonyl (C=O) groups is 1. The first kappa shape index (κ1) is 16.7. The second-order valence-electron chi connectivity index (χ2n) is 4.91. The summed E-state index contributed by atoms with van der Waals surface area (Å²) in [5, 5.41) is 2.84. The summed E-state index contributed by atoms with van der Waals surface area (Å²) in [7, 11) is 3.19. The molecule has 0 aliphatic rings. The Morgan fingerprint density at radius 2 is 1.65 bits per heavy atom. The Hall–Kier alpha value is -2.69. The highest BCUT2D eigenvalue weighted by Gasteiger charge is 2.18. The average molecular weight is 315 g/mol. The molecule has 1 amide bonds. The predicted octanol–water partition coefficient (Wildman–Crippen LogP) is 3.50. The lowest BCUT2D eigenvalue weighted by molar-refractivity contribution is -0.122. The fourth-order valence-electron chi connectivity index (χ4n) is 2.06. The summed E-state index contributed by atoms with van der Waals surface area (Å²) in [6.45, 7) is 1.90. The van der Waals surface area contributed by atoms with Crippen molar-refractivity contribution in [2.45, 2.75) is 19.4 Å². The zero-order valence-corrected chi connectivity index (χ0v) is 13.5. The summed E-state index contributed by atoms with van der Waals surface area (Å²) in [5.74, 6) is 1.85. The molecule has 0 unspecified atom stereocenters. The van der Waals surface area contributed by atoms with Crippen molar-refractivity contribution in [1.82, 2.24) is 0 Å². The Morgan fingerprint density at radius 1 is 1.00 bits per heavy atom. The van der Waals surface area contributed by atoms with Crippen LogP contribution in [0.4, 0.5) is 5.69 Å². The number of nitrogens with one attached hydrogen (secondary N) is 1. The van der Waals surface area contributed by atoms with Crippen LogP contribution in [0.15, 0.2) is 48.5 Å². The first-order valence-corrected chi connectivity index (χ1v) is 7.42. The number of ether oxygens (including phenoxy) is 3. The maximum atomic E-state index is 12.4. The fourth-order valence-corrected chi connectivity index (χ4v) is 2.06. The van der Waals surface area contributed by atoms with Crippen molar-refractivity contribution in [3.8, 4) is 17.2 Å². The maximum absolute atomic E-state index is 12.4. The van der Waals surface area contributed by atoms with Crippen molar-refractivity contribution in [3.63, 3.8) is 0 Å². The summed E-state index contributed by atoms with van der Waals surface area (Å²) in [6.07, 6.45) is -0.0171. The number of hydrogen-bond donors (Lipinski definition) is 1. The third-order valence-electron chi connectivity index (χ3n) is 3.34. The van der Waals surface area contributed by atoms with Gasteiger partial charge in [0.1, 0.15) is 17.2 Å². The molecule has 1 N–H and O–H groups in total. The summed E-state index contributed by atoms with van der Waals surface area (Å²) in [4.78, 5) is 12.4. The van der Waals surface area contributed by atoms with Crippen LogP contribution in [0.1, 0.15) is 13.3 Å². The van der Waals surface area contributed by atoms with Crippen molar-refractivity contribution in [3.05, 3.63) is 48.5 Å². The molecular weight excluding hydrogens is 294 g/mol. The van der Waals surface area contributed by atoms with E-state index in [1.54, 1.807) is 50.6 Å². The molecule has 2 aromatic rings. The summed E-state index contributed by atoms with van der Waals surface area (Å²) >= 11 is 0. The highest BCUT2D eigenvalue weighted by atomic mass is 16.5. The van der Waals surface area contributed by atoms with Gasteiger partial charge in [0, 0.05) is 11.8 Å². The molecule has 0 aromatic heterocycles. The zero-order chi connectivity index (χ0) is 16.7. The molecule has 0 radical (unpaired) electrons. The topological polar surface area (TPSA) is 56.8 Å². The van der Waals surface area contributed by atoms with Gasteiger partial charge >= 0.3 is 0 Å². The van der Waals surface area contributed by atoms with Crippen LogP contribution in [0.2, 0.25) is 0 Å². The smallest absolute Gasteiger partial charge is 0.265 e. The van der Waals surface area contributed by atoms with Crippen LogP contribution in [0.25, 0.3) is 0 Å². The third kappa shape index (κ3) is 4.64. The van der Waals surface area contributed by atoms with Crippen LogP contribution in [0, 0.1) is 0 Å². The first-order valence-electron chi connectivity index (χ1n) is 7.42. The van der Waals surface area contributed by atoms with E-state index in [0.29, 0.717) is 23.6 Å². The number of hydrogen-bond acceptors (Lipinski definition) is 4. The van der Waals surface area contributed by atoms with Gasteiger partial charge < -0.3 is 19.5 Å². The molecule has 5 heteroatoms. The van der Waals surface area contributed by atoms with Gasteiger partial charge in [0.2, 0.25) is 0 Å². The molecule has 122 valence electrons. The highest BCUT2D eigenvalue weighted by Crippen LogP contribution is 2.20. The van der Waals surface area contributed by atoms with Crippen molar-refractivity contribution in [1.29, 1.82) is 0 Å². The van der Waals surface area contributed by atoms with Crippen LogP contribution in [0.5, 0.6) is 17.2 Å². The Kier molecular flexibility index (Phi) is 5.86. The van der Waals surface area contributed by atoms with Gasteiger partial charge in [-0.05, 0) is 42.8 Å². The van der Waals surface area contributed by atoms with Crippen molar-refractivity contribution in [2.24, 2.45) is 0 Å². The predicted molar refractivity (Wildman–Crippen MR) is 89.3 cm³/mol. The minimum absolute atomic E-state index is 0.198. The second kappa shape index (κ2) is 8.08. The van der Waals surface area contributed by atoms with E-state index in [0.717, 1.165) is 5.75 Å². The molecule has 0 aliphatic carbocycles. The van der Waals surface area contributed by atoms with Gasteiger partial charge in [-0.1, -0.05) is 13.0 Å². The van der Waals surface area contributed by atoms with Gasteiger partial charge in [0.05, 0.1) is 14.2 Å². The normalized spacial score (nSPS) is 11.4. The molecule has 0 fully saturated rings. The number of anilines is 1. The van der Waals surface area contributed by atoms with Gasteiger partial charge in [-0.15, -0.1) is 0 Å². The Bertz CT molecular complexity index is 640. The average Bonchev–Trinajstić information content (AvgIpc) is 2.60. The Morgan fingerprint density at radius 3 is 2.26 bits per heavy atom. The largest absolute Gasteiger partial charge is 0.497 e. The van der Waals surface area contributed by atoms with Crippen LogP contribution in [0.3, 0.4) is 0 Å². The molecule has 5 nitrogen and oxygen atoms in total. The van der Waals surface area contributed by atoms with Gasteiger partial charge in [0.15, 0.2) is 6.10 Å². The second-order valence-corrected chi connectivity index (χ2v) is 4.91. The van der Waals surface area contributed by atoms with Crippen molar-refractivity contribution in [2.75, 3.05) is 19.5 Å². The highest BCUT2D eigenvalue weighted by molar-refractivity contribution is 5.94. The van der Waals surface area contributed by atoms with Gasteiger partial charge in [0.25, 0.3) is 5.91 Å². The molecular formula is C18H21NO4. The molecule has 0 heterocycles. The summed E-state index contributed by atoms with van der Waals surface area (Å²) in [6, 6.07) is 14.4. The van der Waals surface area contributed by atoms with Crippen LogP contribution in [-0.4, -0.2) is 26.2 Å². The first-order chi connectivity index (χ1) is 11.2. The third-order valence-corrected chi connectivity index (χ3v) is 3.34. The minimum atomic E-state index is -0.574. The molecule has 2 aromatic carbocycles. The number of carbonyl (C=O) groups excluding carboxylic acids is 1. The molecule has 0 spiro atoms. The van der Waals surface area contributed by atoms with Gasteiger partial charge in [-0.2, -0.15) is 0 Å². The van der Waals surface area contributed by atoms with Gasteiger partial charge in [-0.3, -0.25) is 4.79 Å². The van der Waals surface area contributed by atoms with Crippen LogP contribution in [-0.2, 0) is 4.79 Å². The lowest BCUT2D eigenvalue weighted by Crippen LogP contribution is -2.32. The molecule has 0 saturated carbocycles. The number of amides is 1. The molecule has 23 heavy (non-hydrogen) atoms. The van der Waals surface area contributed by atoms with E-state index >= 15 is 0 Å². The monoisotopic (exact) mass is 315 g/mol. The zero-order valence-electron chi connectivity index (χ0n) is 13.5.